The van der Waals surface area contributed by atoms with Crippen LogP contribution in [0.2, 0.25) is 0 Å². The Morgan fingerprint density at radius 3 is 2.50 bits per heavy atom. The Labute approximate surface area is 98.7 Å². The van der Waals surface area contributed by atoms with Gasteiger partial charge in [0, 0.05) is 0 Å². The van der Waals surface area contributed by atoms with Crippen molar-refractivity contribution in [1.82, 2.24) is 0 Å². The van der Waals surface area contributed by atoms with Crippen molar-refractivity contribution in [2.24, 2.45) is 11.1 Å². The summed E-state index contributed by atoms with van der Waals surface area (Å²) >= 11 is 0. The fourth-order valence-corrected chi connectivity index (χ4v) is 2.41. The van der Waals surface area contributed by atoms with Gasteiger partial charge < -0.3 is 10.5 Å². The zero-order chi connectivity index (χ0) is 12.0. The summed E-state index contributed by atoms with van der Waals surface area (Å²) in [6.07, 6.45) is 7.27. The highest BCUT2D eigenvalue weighted by Gasteiger charge is 2.33. The van der Waals surface area contributed by atoms with E-state index >= 15 is 0 Å². The predicted octanol–water partition coefficient (Wildman–Crippen LogP) is 2.63. The third-order valence-corrected chi connectivity index (χ3v) is 3.77. The van der Waals surface area contributed by atoms with Crippen LogP contribution < -0.4 is 5.73 Å². The van der Waals surface area contributed by atoms with Gasteiger partial charge in [0.05, 0.1) is 12.5 Å². The topological polar surface area (TPSA) is 52.3 Å². The molecule has 2 N–H and O–H groups in total. The van der Waals surface area contributed by atoms with E-state index in [4.69, 9.17) is 10.5 Å². The fraction of sp³-hybridized carbons (Fsp3) is 0.923. The standard InChI is InChI=1S/C13H25NO2/c1-3-11(2)16-12(15)9-13(10-14)7-5-4-6-8-13/h11H,3-10,14H2,1-2H3. The minimum atomic E-state index is -0.0679. The second kappa shape index (κ2) is 6.24. The molecule has 0 bridgehead atoms. The maximum absolute atomic E-state index is 11.8. The Hall–Kier alpha value is -0.570. The lowest BCUT2D eigenvalue weighted by Crippen LogP contribution is -2.36. The summed E-state index contributed by atoms with van der Waals surface area (Å²) in [7, 11) is 0. The van der Waals surface area contributed by atoms with Gasteiger partial charge in [-0.1, -0.05) is 26.2 Å². The quantitative estimate of drug-likeness (QED) is 0.735. The highest BCUT2D eigenvalue weighted by molar-refractivity contribution is 5.70. The molecule has 1 atom stereocenters. The largest absolute Gasteiger partial charge is 0.463 e. The van der Waals surface area contributed by atoms with Crippen LogP contribution in [0, 0.1) is 5.41 Å². The molecular formula is C13H25NO2. The first-order valence-electron chi connectivity index (χ1n) is 6.51. The summed E-state index contributed by atoms with van der Waals surface area (Å²) in [4.78, 5) is 11.8. The second-order valence-corrected chi connectivity index (χ2v) is 5.15. The van der Waals surface area contributed by atoms with E-state index < -0.39 is 0 Å². The maximum atomic E-state index is 11.8. The molecule has 0 aromatic carbocycles. The van der Waals surface area contributed by atoms with Gasteiger partial charge in [-0.15, -0.1) is 0 Å². The van der Waals surface area contributed by atoms with Crippen molar-refractivity contribution < 1.29 is 9.53 Å². The molecule has 94 valence electrons. The molecular weight excluding hydrogens is 202 g/mol. The first-order valence-corrected chi connectivity index (χ1v) is 6.51. The van der Waals surface area contributed by atoms with Crippen LogP contribution in [0.1, 0.15) is 58.8 Å². The summed E-state index contributed by atoms with van der Waals surface area (Å²) in [5.41, 5.74) is 5.87. The molecule has 16 heavy (non-hydrogen) atoms. The second-order valence-electron chi connectivity index (χ2n) is 5.15. The van der Waals surface area contributed by atoms with Crippen LogP contribution >= 0.6 is 0 Å². The highest BCUT2D eigenvalue weighted by atomic mass is 16.5. The molecule has 0 aromatic rings. The molecule has 0 amide bonds. The van der Waals surface area contributed by atoms with E-state index in [1.165, 1.54) is 19.3 Å². The Balaban J connectivity index is 2.45. The van der Waals surface area contributed by atoms with Crippen molar-refractivity contribution in [1.29, 1.82) is 0 Å². The molecule has 1 fully saturated rings. The average Bonchev–Trinajstić information content (AvgIpc) is 2.29. The zero-order valence-electron chi connectivity index (χ0n) is 10.6. The molecule has 1 aliphatic rings. The first-order chi connectivity index (χ1) is 7.62. The van der Waals surface area contributed by atoms with Crippen LogP contribution in [0.4, 0.5) is 0 Å². The number of rotatable bonds is 5. The SMILES string of the molecule is CCC(C)OC(=O)CC1(CN)CCCCC1. The van der Waals surface area contributed by atoms with Gasteiger partial charge in [0.2, 0.25) is 0 Å². The first kappa shape index (κ1) is 13.5. The van der Waals surface area contributed by atoms with Gasteiger partial charge in [0.1, 0.15) is 0 Å². The number of esters is 1. The monoisotopic (exact) mass is 227 g/mol. The summed E-state index contributed by atoms with van der Waals surface area (Å²) in [5, 5.41) is 0. The van der Waals surface area contributed by atoms with Crippen LogP contribution in [0.5, 0.6) is 0 Å². The van der Waals surface area contributed by atoms with Gasteiger partial charge in [0.15, 0.2) is 0 Å². The summed E-state index contributed by atoms with van der Waals surface area (Å²) in [5.74, 6) is -0.0679. The number of hydrogen-bond donors (Lipinski definition) is 1. The molecule has 1 unspecified atom stereocenters. The summed E-state index contributed by atoms with van der Waals surface area (Å²) < 4.78 is 5.33. The van der Waals surface area contributed by atoms with Crippen molar-refractivity contribution in [3.63, 3.8) is 0 Å². The third kappa shape index (κ3) is 3.78. The number of hydrogen-bond acceptors (Lipinski definition) is 3. The smallest absolute Gasteiger partial charge is 0.306 e. The molecule has 3 nitrogen and oxygen atoms in total. The minimum absolute atomic E-state index is 0.0306. The number of nitrogens with two attached hydrogens (primary N) is 1. The summed E-state index contributed by atoms with van der Waals surface area (Å²) in [6.45, 7) is 4.58. The van der Waals surface area contributed by atoms with E-state index in [9.17, 15) is 4.79 Å². The van der Waals surface area contributed by atoms with Gasteiger partial charge in [-0.2, -0.15) is 0 Å². The van der Waals surface area contributed by atoms with E-state index in [0.717, 1.165) is 19.3 Å². The van der Waals surface area contributed by atoms with Crippen LogP contribution in [0.25, 0.3) is 0 Å². The van der Waals surface area contributed by atoms with E-state index in [-0.39, 0.29) is 17.5 Å². The van der Waals surface area contributed by atoms with Gasteiger partial charge >= 0.3 is 5.97 Å². The van der Waals surface area contributed by atoms with E-state index in [2.05, 4.69) is 0 Å². The number of carbonyl (C=O) groups excluding carboxylic acids is 1. The normalized spacial score (nSPS) is 21.4. The molecule has 3 heteroatoms. The van der Waals surface area contributed by atoms with Crippen molar-refractivity contribution in [3.8, 4) is 0 Å². The average molecular weight is 227 g/mol. The van der Waals surface area contributed by atoms with Gasteiger partial charge in [-0.3, -0.25) is 4.79 Å². The van der Waals surface area contributed by atoms with E-state index in [1.807, 2.05) is 13.8 Å². The van der Waals surface area contributed by atoms with Gasteiger partial charge in [0.25, 0.3) is 0 Å². The molecule has 0 radical (unpaired) electrons. The highest BCUT2D eigenvalue weighted by Crippen LogP contribution is 2.38. The lowest BCUT2D eigenvalue weighted by molar-refractivity contribution is -0.151. The Bertz CT molecular complexity index is 222. The van der Waals surface area contributed by atoms with Crippen LogP contribution in [-0.2, 0) is 9.53 Å². The fourth-order valence-electron chi connectivity index (χ4n) is 2.41. The molecule has 0 aromatic heterocycles. The van der Waals surface area contributed by atoms with Crippen LogP contribution in [0.3, 0.4) is 0 Å². The predicted molar refractivity (Wildman–Crippen MR) is 65.0 cm³/mol. The van der Waals surface area contributed by atoms with E-state index in [0.29, 0.717) is 13.0 Å². The van der Waals surface area contributed by atoms with Crippen LogP contribution in [-0.4, -0.2) is 18.6 Å². The van der Waals surface area contributed by atoms with Gasteiger partial charge in [-0.05, 0) is 38.1 Å². The van der Waals surface area contributed by atoms with E-state index in [1.54, 1.807) is 0 Å². The molecule has 0 aliphatic heterocycles. The van der Waals surface area contributed by atoms with Crippen molar-refractivity contribution >= 4 is 5.97 Å². The van der Waals surface area contributed by atoms with Crippen LogP contribution in [0.15, 0.2) is 0 Å². The lowest BCUT2D eigenvalue weighted by atomic mass is 9.72. The minimum Gasteiger partial charge on any atom is -0.463 e. The lowest BCUT2D eigenvalue weighted by Gasteiger charge is -2.35. The van der Waals surface area contributed by atoms with Gasteiger partial charge in [-0.25, -0.2) is 0 Å². The number of carbonyl (C=O) groups is 1. The molecule has 1 saturated carbocycles. The maximum Gasteiger partial charge on any atom is 0.306 e. The molecule has 1 rings (SSSR count). The Morgan fingerprint density at radius 2 is 2.00 bits per heavy atom. The summed E-state index contributed by atoms with van der Waals surface area (Å²) in [6, 6.07) is 0. The Kier molecular flexibility index (Phi) is 5.26. The zero-order valence-corrected chi connectivity index (χ0v) is 10.6. The molecule has 0 spiro atoms. The van der Waals surface area contributed by atoms with Crippen molar-refractivity contribution in [3.05, 3.63) is 0 Å². The molecule has 1 aliphatic carbocycles. The third-order valence-electron chi connectivity index (χ3n) is 3.77. The number of ether oxygens (including phenoxy) is 1. The Morgan fingerprint density at radius 1 is 1.38 bits per heavy atom. The molecule has 0 saturated heterocycles. The van der Waals surface area contributed by atoms with Crippen molar-refractivity contribution in [2.45, 2.75) is 64.9 Å². The van der Waals surface area contributed by atoms with Crippen molar-refractivity contribution in [2.75, 3.05) is 6.54 Å². The molecule has 0 heterocycles.